The number of fused-ring (bicyclic) bond motifs is 1. The van der Waals surface area contributed by atoms with Gasteiger partial charge in [0.2, 0.25) is 11.8 Å². The number of ether oxygens (including phenoxy) is 1. The summed E-state index contributed by atoms with van der Waals surface area (Å²) in [7, 11) is 1.63. The highest BCUT2D eigenvalue weighted by molar-refractivity contribution is 5.86. The van der Waals surface area contributed by atoms with Crippen molar-refractivity contribution in [3.63, 3.8) is 0 Å². The van der Waals surface area contributed by atoms with E-state index in [1.807, 2.05) is 23.7 Å². The first-order chi connectivity index (χ1) is 14.5. The third kappa shape index (κ3) is 3.91. The van der Waals surface area contributed by atoms with E-state index in [1.54, 1.807) is 7.11 Å². The van der Waals surface area contributed by atoms with E-state index in [1.165, 1.54) is 18.4 Å². The number of benzene rings is 1. The minimum Gasteiger partial charge on any atom is -0.481 e. The number of aromatic nitrogens is 3. The maximum atomic E-state index is 12.4. The molecule has 4 rings (SSSR count). The van der Waals surface area contributed by atoms with E-state index >= 15 is 0 Å². The zero-order valence-corrected chi connectivity index (χ0v) is 18.3. The van der Waals surface area contributed by atoms with Gasteiger partial charge in [-0.05, 0) is 57.7 Å². The van der Waals surface area contributed by atoms with Gasteiger partial charge in [0, 0.05) is 23.4 Å². The predicted molar refractivity (Wildman–Crippen MR) is 118 cm³/mol. The minimum absolute atomic E-state index is 0.107. The summed E-state index contributed by atoms with van der Waals surface area (Å²) in [5, 5.41) is 8.95. The van der Waals surface area contributed by atoms with Crippen LogP contribution < -0.4 is 10.1 Å². The molecule has 0 radical (unpaired) electrons. The summed E-state index contributed by atoms with van der Waals surface area (Å²) in [6, 6.07) is 8.58. The second-order valence-corrected chi connectivity index (χ2v) is 8.30. The highest BCUT2D eigenvalue weighted by Gasteiger charge is 2.21. The van der Waals surface area contributed by atoms with Crippen LogP contribution in [0.5, 0.6) is 5.88 Å². The van der Waals surface area contributed by atoms with Gasteiger partial charge in [-0.3, -0.25) is 4.79 Å². The van der Waals surface area contributed by atoms with Gasteiger partial charge in [0.05, 0.1) is 18.5 Å². The molecular formula is C24H30N4O2. The molecule has 2 heterocycles. The van der Waals surface area contributed by atoms with Crippen molar-refractivity contribution in [3.05, 3.63) is 46.6 Å². The Balaban J connectivity index is 1.65. The van der Waals surface area contributed by atoms with Gasteiger partial charge in [0.15, 0.2) is 5.65 Å². The molecule has 1 N–H and O–H groups in total. The lowest BCUT2D eigenvalue weighted by Gasteiger charge is -2.15. The number of rotatable bonds is 6. The van der Waals surface area contributed by atoms with Crippen molar-refractivity contribution in [1.82, 2.24) is 20.1 Å². The number of methoxy groups -OCH3 is 1. The minimum atomic E-state index is 0.107. The van der Waals surface area contributed by atoms with Crippen molar-refractivity contribution in [3.8, 4) is 11.6 Å². The summed E-state index contributed by atoms with van der Waals surface area (Å²) in [5.74, 6) is 0.678. The molecule has 1 saturated carbocycles. The summed E-state index contributed by atoms with van der Waals surface area (Å²) in [6.07, 6.45) is 5.65. The standard InChI is InChI=1S/C24H30N4O2/c1-15-9-11-19(12-10-15)28-23-22(17(3)27-28)16(2)20(24(26-23)30-4)13-14-21(29)25-18-7-5-6-8-18/h9-12,18H,5-8,13-14H2,1-4H3,(H,25,29). The van der Waals surface area contributed by atoms with Crippen LogP contribution in [0.4, 0.5) is 0 Å². The number of nitrogens with zero attached hydrogens (tertiary/aromatic N) is 3. The van der Waals surface area contributed by atoms with E-state index in [4.69, 9.17) is 14.8 Å². The molecule has 3 aromatic rings. The van der Waals surface area contributed by atoms with E-state index in [9.17, 15) is 4.79 Å². The summed E-state index contributed by atoms with van der Waals surface area (Å²) >= 11 is 0. The van der Waals surface area contributed by atoms with E-state index in [0.29, 0.717) is 24.8 Å². The van der Waals surface area contributed by atoms with Gasteiger partial charge >= 0.3 is 0 Å². The van der Waals surface area contributed by atoms with Crippen LogP contribution in [0.15, 0.2) is 24.3 Å². The lowest BCUT2D eigenvalue weighted by atomic mass is 10.0. The molecule has 1 aliphatic rings. The third-order valence-electron chi connectivity index (χ3n) is 6.12. The van der Waals surface area contributed by atoms with Crippen LogP contribution in [-0.4, -0.2) is 33.8 Å². The number of carbonyl (C=O) groups excluding carboxylic acids is 1. The monoisotopic (exact) mass is 406 g/mol. The van der Waals surface area contributed by atoms with Gasteiger partial charge in [-0.2, -0.15) is 10.1 Å². The van der Waals surface area contributed by atoms with Crippen LogP contribution in [0.2, 0.25) is 0 Å². The summed E-state index contributed by atoms with van der Waals surface area (Å²) < 4.78 is 7.51. The van der Waals surface area contributed by atoms with Crippen LogP contribution in [0.1, 0.15) is 54.5 Å². The van der Waals surface area contributed by atoms with Crippen molar-refractivity contribution in [1.29, 1.82) is 0 Å². The van der Waals surface area contributed by atoms with Gasteiger partial charge < -0.3 is 10.1 Å². The van der Waals surface area contributed by atoms with Crippen molar-refractivity contribution in [2.45, 2.75) is 65.3 Å². The summed E-state index contributed by atoms with van der Waals surface area (Å²) in [6.45, 7) is 6.15. The lowest BCUT2D eigenvalue weighted by Crippen LogP contribution is -2.32. The molecule has 0 saturated heterocycles. The zero-order valence-electron chi connectivity index (χ0n) is 18.3. The molecule has 0 bridgehead atoms. The SMILES string of the molecule is COc1nc2c(c(C)nn2-c2ccc(C)cc2)c(C)c1CCC(=O)NC1CCCC1. The summed E-state index contributed by atoms with van der Waals surface area (Å²) in [5.41, 5.74) is 5.95. The fourth-order valence-electron chi connectivity index (χ4n) is 4.47. The molecule has 0 spiro atoms. The lowest BCUT2D eigenvalue weighted by molar-refractivity contribution is -0.121. The smallest absolute Gasteiger partial charge is 0.220 e. The molecule has 1 amide bonds. The summed E-state index contributed by atoms with van der Waals surface area (Å²) in [4.78, 5) is 17.2. The van der Waals surface area contributed by atoms with Gasteiger partial charge in [-0.15, -0.1) is 0 Å². The highest BCUT2D eigenvalue weighted by atomic mass is 16.5. The average Bonchev–Trinajstić information content (AvgIpc) is 3.35. The van der Waals surface area contributed by atoms with Crippen molar-refractivity contribution >= 4 is 16.9 Å². The number of nitrogens with one attached hydrogen (secondary N) is 1. The van der Waals surface area contributed by atoms with Crippen LogP contribution >= 0.6 is 0 Å². The molecule has 6 nitrogen and oxygen atoms in total. The molecule has 0 atom stereocenters. The molecule has 6 heteroatoms. The Labute approximate surface area is 177 Å². The van der Waals surface area contributed by atoms with E-state index in [-0.39, 0.29) is 5.91 Å². The van der Waals surface area contributed by atoms with Crippen molar-refractivity contribution in [2.24, 2.45) is 0 Å². The highest BCUT2D eigenvalue weighted by Crippen LogP contribution is 2.32. The maximum absolute atomic E-state index is 12.4. The van der Waals surface area contributed by atoms with Gasteiger partial charge in [0.1, 0.15) is 0 Å². The molecule has 2 aromatic heterocycles. The average molecular weight is 407 g/mol. The number of aryl methyl sites for hydroxylation is 3. The predicted octanol–water partition coefficient (Wildman–Crippen LogP) is 4.35. The van der Waals surface area contributed by atoms with Gasteiger partial charge in [-0.1, -0.05) is 30.5 Å². The second kappa shape index (κ2) is 8.46. The number of amides is 1. The number of pyridine rings is 1. The van der Waals surface area contributed by atoms with E-state index < -0.39 is 0 Å². The van der Waals surface area contributed by atoms with Crippen LogP contribution in [0.25, 0.3) is 16.7 Å². The molecule has 1 aliphatic carbocycles. The Morgan fingerprint density at radius 2 is 1.87 bits per heavy atom. The molecule has 30 heavy (non-hydrogen) atoms. The quantitative estimate of drug-likeness (QED) is 0.661. The fraction of sp³-hybridized carbons (Fsp3) is 0.458. The first kappa shape index (κ1) is 20.4. The Morgan fingerprint density at radius 3 is 2.53 bits per heavy atom. The van der Waals surface area contributed by atoms with Crippen LogP contribution in [0.3, 0.4) is 0 Å². The fourth-order valence-corrected chi connectivity index (χ4v) is 4.47. The first-order valence-corrected chi connectivity index (χ1v) is 10.8. The normalized spacial score (nSPS) is 14.4. The molecule has 0 unspecified atom stereocenters. The third-order valence-corrected chi connectivity index (χ3v) is 6.12. The van der Waals surface area contributed by atoms with E-state index in [0.717, 1.165) is 46.4 Å². The van der Waals surface area contributed by atoms with Gasteiger partial charge in [0.25, 0.3) is 0 Å². The maximum Gasteiger partial charge on any atom is 0.220 e. The largest absolute Gasteiger partial charge is 0.481 e. The second-order valence-electron chi connectivity index (χ2n) is 8.30. The molecule has 0 aliphatic heterocycles. The Kier molecular flexibility index (Phi) is 5.75. The van der Waals surface area contributed by atoms with Crippen molar-refractivity contribution < 1.29 is 9.53 Å². The number of hydrogen-bond donors (Lipinski definition) is 1. The Morgan fingerprint density at radius 1 is 1.17 bits per heavy atom. The Hall–Kier alpha value is -2.89. The van der Waals surface area contributed by atoms with Crippen molar-refractivity contribution in [2.75, 3.05) is 7.11 Å². The topological polar surface area (TPSA) is 69.0 Å². The molecular weight excluding hydrogens is 376 g/mol. The zero-order chi connectivity index (χ0) is 21.3. The van der Waals surface area contributed by atoms with E-state index in [2.05, 4.69) is 31.3 Å². The number of hydrogen-bond acceptors (Lipinski definition) is 4. The molecule has 1 aromatic carbocycles. The Bertz CT molecular complexity index is 1060. The molecule has 158 valence electrons. The first-order valence-electron chi connectivity index (χ1n) is 10.8. The van der Waals surface area contributed by atoms with Crippen LogP contribution in [-0.2, 0) is 11.2 Å². The number of carbonyl (C=O) groups is 1. The van der Waals surface area contributed by atoms with Crippen LogP contribution in [0, 0.1) is 20.8 Å². The molecule has 1 fully saturated rings. The van der Waals surface area contributed by atoms with Gasteiger partial charge in [-0.25, -0.2) is 4.68 Å².